The van der Waals surface area contributed by atoms with E-state index in [0.29, 0.717) is 17.5 Å². The third-order valence-electron chi connectivity index (χ3n) is 5.09. The number of nitro groups is 2. The van der Waals surface area contributed by atoms with Crippen molar-refractivity contribution in [1.29, 1.82) is 0 Å². The second-order valence-corrected chi connectivity index (χ2v) is 7.13. The van der Waals surface area contributed by atoms with Crippen molar-refractivity contribution < 1.29 is 9.85 Å². The molecule has 31 heavy (non-hydrogen) atoms. The Balaban J connectivity index is 1.67. The zero-order valence-electron chi connectivity index (χ0n) is 16.5. The summed E-state index contributed by atoms with van der Waals surface area (Å²) in [7, 11) is 0. The van der Waals surface area contributed by atoms with Crippen LogP contribution in [0.1, 0.15) is 11.1 Å². The highest BCUT2D eigenvalue weighted by atomic mass is 16.6. The van der Waals surface area contributed by atoms with Gasteiger partial charge < -0.3 is 0 Å². The van der Waals surface area contributed by atoms with Gasteiger partial charge in [-0.1, -0.05) is 72.8 Å². The van der Waals surface area contributed by atoms with Crippen LogP contribution in [0.3, 0.4) is 0 Å². The van der Waals surface area contributed by atoms with Gasteiger partial charge in [-0.05, 0) is 40.8 Å². The van der Waals surface area contributed by atoms with Gasteiger partial charge in [-0.2, -0.15) is 0 Å². The molecule has 0 saturated heterocycles. The van der Waals surface area contributed by atoms with E-state index in [1.54, 1.807) is 36.4 Å². The van der Waals surface area contributed by atoms with Gasteiger partial charge >= 0.3 is 0 Å². The molecule has 0 bridgehead atoms. The molecule has 0 N–H and O–H groups in total. The molecule has 4 aromatic carbocycles. The van der Waals surface area contributed by atoms with Crippen LogP contribution in [0.25, 0.3) is 22.3 Å². The Labute approximate surface area is 178 Å². The van der Waals surface area contributed by atoms with Crippen molar-refractivity contribution in [3.05, 3.63) is 128 Å². The largest absolute Gasteiger partial charge is 0.277 e. The third-order valence-corrected chi connectivity index (χ3v) is 5.09. The van der Waals surface area contributed by atoms with Gasteiger partial charge in [0.2, 0.25) is 0 Å². The first kappa shape index (κ1) is 20.0. The zero-order chi connectivity index (χ0) is 21.8. The van der Waals surface area contributed by atoms with Crippen molar-refractivity contribution in [1.82, 2.24) is 0 Å². The Morgan fingerprint density at radius 1 is 0.548 bits per heavy atom. The SMILES string of the molecule is O=[N+]([O-])c1ccccc1-c1cccc(Cc2cccc(-c3ccccc3[N+](=O)[O-])c2)c1. The lowest BCUT2D eigenvalue weighted by Gasteiger charge is -2.09. The summed E-state index contributed by atoms with van der Waals surface area (Å²) in [6.07, 6.45) is 0.600. The molecular weight excluding hydrogens is 392 g/mol. The van der Waals surface area contributed by atoms with Crippen LogP contribution in [0, 0.1) is 20.2 Å². The van der Waals surface area contributed by atoms with E-state index in [1.807, 2.05) is 48.5 Å². The van der Waals surface area contributed by atoms with Gasteiger partial charge in [-0.3, -0.25) is 20.2 Å². The first-order valence-electron chi connectivity index (χ1n) is 9.68. The monoisotopic (exact) mass is 410 g/mol. The molecule has 6 heteroatoms. The lowest BCUT2D eigenvalue weighted by Crippen LogP contribution is -1.94. The number of hydrogen-bond donors (Lipinski definition) is 0. The normalized spacial score (nSPS) is 10.6. The van der Waals surface area contributed by atoms with E-state index in [-0.39, 0.29) is 21.2 Å². The molecule has 152 valence electrons. The maximum atomic E-state index is 11.4. The summed E-state index contributed by atoms with van der Waals surface area (Å²) in [6.45, 7) is 0. The molecule has 6 nitrogen and oxygen atoms in total. The average molecular weight is 410 g/mol. The molecule has 0 aliphatic heterocycles. The molecule has 0 spiro atoms. The number of nitrogens with zero attached hydrogens (tertiary/aromatic N) is 2. The standard InChI is InChI=1S/C25H18N2O4/c28-26(29)24-13-3-1-11-22(24)20-9-5-7-18(16-20)15-19-8-6-10-21(17-19)23-12-2-4-14-25(23)27(30)31/h1-14,16-17H,15H2. The molecule has 0 saturated carbocycles. The van der Waals surface area contributed by atoms with Crippen molar-refractivity contribution >= 4 is 11.4 Å². The Kier molecular flexibility index (Phi) is 5.53. The predicted octanol–water partition coefficient (Wildman–Crippen LogP) is 6.43. The summed E-state index contributed by atoms with van der Waals surface area (Å²) in [6, 6.07) is 28.7. The highest BCUT2D eigenvalue weighted by Crippen LogP contribution is 2.32. The predicted molar refractivity (Wildman–Crippen MR) is 120 cm³/mol. The first-order chi connectivity index (χ1) is 15.0. The number of rotatable bonds is 6. The van der Waals surface area contributed by atoms with Gasteiger partial charge in [0, 0.05) is 12.1 Å². The minimum atomic E-state index is -0.377. The molecule has 0 heterocycles. The van der Waals surface area contributed by atoms with E-state index in [0.717, 1.165) is 22.3 Å². The Morgan fingerprint density at radius 2 is 0.968 bits per heavy atom. The fourth-order valence-corrected chi connectivity index (χ4v) is 3.69. The molecule has 4 aromatic rings. The lowest BCUT2D eigenvalue weighted by atomic mass is 9.96. The number of nitro benzene ring substituents is 2. The van der Waals surface area contributed by atoms with Crippen molar-refractivity contribution in [3.8, 4) is 22.3 Å². The number of para-hydroxylation sites is 2. The van der Waals surface area contributed by atoms with E-state index in [2.05, 4.69) is 0 Å². The molecule has 0 amide bonds. The van der Waals surface area contributed by atoms with Gasteiger partial charge in [0.15, 0.2) is 0 Å². The quantitative estimate of drug-likeness (QED) is 0.271. The fraction of sp³-hybridized carbons (Fsp3) is 0.0400. The zero-order valence-corrected chi connectivity index (χ0v) is 16.5. The molecule has 0 aliphatic carbocycles. The maximum absolute atomic E-state index is 11.4. The van der Waals surface area contributed by atoms with Crippen LogP contribution in [-0.2, 0) is 6.42 Å². The average Bonchev–Trinajstić information content (AvgIpc) is 2.79. The smallest absolute Gasteiger partial charge is 0.258 e. The highest BCUT2D eigenvalue weighted by Gasteiger charge is 2.16. The van der Waals surface area contributed by atoms with E-state index >= 15 is 0 Å². The first-order valence-corrected chi connectivity index (χ1v) is 9.68. The van der Waals surface area contributed by atoms with E-state index in [9.17, 15) is 20.2 Å². The van der Waals surface area contributed by atoms with Gasteiger partial charge in [0.05, 0.1) is 21.0 Å². The highest BCUT2D eigenvalue weighted by molar-refractivity contribution is 5.75. The summed E-state index contributed by atoms with van der Waals surface area (Å²) in [4.78, 5) is 22.0. The molecule has 0 aliphatic rings. The van der Waals surface area contributed by atoms with Crippen LogP contribution in [0.15, 0.2) is 97.1 Å². The van der Waals surface area contributed by atoms with Gasteiger partial charge in [0.25, 0.3) is 11.4 Å². The summed E-state index contributed by atoms with van der Waals surface area (Å²) in [5, 5.41) is 22.8. The van der Waals surface area contributed by atoms with Crippen molar-refractivity contribution in [2.45, 2.75) is 6.42 Å². The van der Waals surface area contributed by atoms with E-state index in [1.165, 1.54) is 12.1 Å². The van der Waals surface area contributed by atoms with Crippen LogP contribution in [0.2, 0.25) is 0 Å². The van der Waals surface area contributed by atoms with Crippen LogP contribution in [-0.4, -0.2) is 9.85 Å². The molecule has 4 rings (SSSR count). The van der Waals surface area contributed by atoms with Crippen molar-refractivity contribution in [3.63, 3.8) is 0 Å². The minimum absolute atomic E-state index is 0.0676. The molecule has 0 radical (unpaired) electrons. The third kappa shape index (κ3) is 4.33. The summed E-state index contributed by atoms with van der Waals surface area (Å²) in [5.74, 6) is 0. The molecule has 0 aromatic heterocycles. The Hall–Kier alpha value is -4.32. The molecule has 0 unspecified atom stereocenters. The summed E-state index contributed by atoms with van der Waals surface area (Å²) in [5.41, 5.74) is 4.83. The molecule has 0 atom stereocenters. The molecular formula is C25H18N2O4. The Bertz CT molecular complexity index is 1180. The maximum Gasteiger partial charge on any atom is 0.277 e. The second kappa shape index (κ2) is 8.59. The Morgan fingerprint density at radius 3 is 1.39 bits per heavy atom. The summed E-state index contributed by atoms with van der Waals surface area (Å²) < 4.78 is 0. The van der Waals surface area contributed by atoms with E-state index < -0.39 is 0 Å². The van der Waals surface area contributed by atoms with Crippen LogP contribution >= 0.6 is 0 Å². The number of benzene rings is 4. The topological polar surface area (TPSA) is 86.3 Å². The fourth-order valence-electron chi connectivity index (χ4n) is 3.69. The van der Waals surface area contributed by atoms with E-state index in [4.69, 9.17) is 0 Å². The van der Waals surface area contributed by atoms with Crippen molar-refractivity contribution in [2.75, 3.05) is 0 Å². The van der Waals surface area contributed by atoms with Gasteiger partial charge in [-0.25, -0.2) is 0 Å². The van der Waals surface area contributed by atoms with Gasteiger partial charge in [-0.15, -0.1) is 0 Å². The minimum Gasteiger partial charge on any atom is -0.258 e. The lowest BCUT2D eigenvalue weighted by molar-refractivity contribution is -0.384. The van der Waals surface area contributed by atoms with Crippen LogP contribution < -0.4 is 0 Å². The van der Waals surface area contributed by atoms with Gasteiger partial charge in [0.1, 0.15) is 0 Å². The summed E-state index contributed by atoms with van der Waals surface area (Å²) >= 11 is 0. The van der Waals surface area contributed by atoms with Crippen LogP contribution in [0.5, 0.6) is 0 Å². The number of hydrogen-bond acceptors (Lipinski definition) is 4. The van der Waals surface area contributed by atoms with Crippen molar-refractivity contribution in [2.24, 2.45) is 0 Å². The molecule has 0 fully saturated rings. The second-order valence-electron chi connectivity index (χ2n) is 7.13. The van der Waals surface area contributed by atoms with Crippen LogP contribution in [0.4, 0.5) is 11.4 Å².